The van der Waals surface area contributed by atoms with Crippen molar-refractivity contribution in [3.63, 3.8) is 0 Å². The standard InChI is InChI=1S/C22H27N3O5S/c1-4-15-25(31(3,28)29)18-12-10-17(11-13-18)21(26)24-20-9-6-5-8-19(20)22(27)23-14-7-16-30-2/h4-6,8-13H,1,7,14-16H2,2-3H3,(H,23,27)(H,24,26). The lowest BCUT2D eigenvalue weighted by Crippen LogP contribution is -2.29. The summed E-state index contributed by atoms with van der Waals surface area (Å²) >= 11 is 0. The number of carbonyl (C=O) groups is 2. The van der Waals surface area contributed by atoms with Crippen LogP contribution in [0.4, 0.5) is 11.4 Å². The van der Waals surface area contributed by atoms with Gasteiger partial charge in [0.2, 0.25) is 10.0 Å². The van der Waals surface area contributed by atoms with Crippen molar-refractivity contribution >= 4 is 33.2 Å². The van der Waals surface area contributed by atoms with Crippen molar-refractivity contribution in [2.24, 2.45) is 0 Å². The summed E-state index contributed by atoms with van der Waals surface area (Å²) in [5.74, 6) is -0.712. The number of carbonyl (C=O) groups excluding carboxylic acids is 2. The van der Waals surface area contributed by atoms with E-state index in [1.807, 2.05) is 0 Å². The van der Waals surface area contributed by atoms with Crippen LogP contribution in [0.15, 0.2) is 61.2 Å². The van der Waals surface area contributed by atoms with E-state index in [0.29, 0.717) is 42.1 Å². The summed E-state index contributed by atoms with van der Waals surface area (Å²) in [7, 11) is -1.88. The monoisotopic (exact) mass is 445 g/mol. The number of ether oxygens (including phenoxy) is 1. The Morgan fingerprint density at radius 1 is 1.10 bits per heavy atom. The van der Waals surface area contributed by atoms with Gasteiger partial charge < -0.3 is 15.4 Å². The van der Waals surface area contributed by atoms with E-state index in [0.717, 1.165) is 6.26 Å². The molecule has 166 valence electrons. The molecule has 2 aromatic carbocycles. The number of hydrogen-bond donors (Lipinski definition) is 2. The average molecular weight is 446 g/mol. The molecule has 0 bridgehead atoms. The molecule has 0 saturated carbocycles. The summed E-state index contributed by atoms with van der Waals surface area (Å²) in [6.07, 6.45) is 3.27. The highest BCUT2D eigenvalue weighted by molar-refractivity contribution is 7.92. The van der Waals surface area contributed by atoms with Gasteiger partial charge in [0.25, 0.3) is 11.8 Å². The summed E-state index contributed by atoms with van der Waals surface area (Å²) < 4.78 is 30.0. The molecule has 0 radical (unpaired) electrons. The fourth-order valence-electron chi connectivity index (χ4n) is 2.83. The van der Waals surface area contributed by atoms with E-state index in [1.54, 1.807) is 43.5 Å². The highest BCUT2D eigenvalue weighted by Crippen LogP contribution is 2.20. The predicted octanol–water partition coefficient (Wildman–Crippen LogP) is 2.66. The molecular weight excluding hydrogens is 418 g/mol. The first-order chi connectivity index (χ1) is 14.8. The lowest BCUT2D eigenvalue weighted by atomic mass is 10.1. The zero-order chi connectivity index (χ0) is 22.9. The summed E-state index contributed by atoms with van der Waals surface area (Å²) in [6.45, 7) is 4.69. The molecular formula is C22H27N3O5S. The number of nitrogens with zero attached hydrogens (tertiary/aromatic N) is 1. The van der Waals surface area contributed by atoms with Crippen molar-refractivity contribution < 1.29 is 22.7 Å². The van der Waals surface area contributed by atoms with Gasteiger partial charge in [0, 0.05) is 25.8 Å². The van der Waals surface area contributed by atoms with Gasteiger partial charge in [-0.2, -0.15) is 0 Å². The minimum absolute atomic E-state index is 0.122. The molecule has 2 rings (SSSR count). The Hall–Kier alpha value is -3.17. The van der Waals surface area contributed by atoms with Crippen molar-refractivity contribution in [1.82, 2.24) is 5.32 Å². The van der Waals surface area contributed by atoms with Gasteiger partial charge in [-0.25, -0.2) is 8.42 Å². The molecule has 8 nitrogen and oxygen atoms in total. The smallest absolute Gasteiger partial charge is 0.255 e. The number of nitrogens with one attached hydrogen (secondary N) is 2. The SMILES string of the molecule is C=CCN(c1ccc(C(=O)Nc2ccccc2C(=O)NCCCOC)cc1)S(C)(=O)=O. The van der Waals surface area contributed by atoms with Crippen LogP contribution >= 0.6 is 0 Å². The van der Waals surface area contributed by atoms with E-state index >= 15 is 0 Å². The molecule has 0 aliphatic heterocycles. The van der Waals surface area contributed by atoms with Crippen LogP contribution in [0.2, 0.25) is 0 Å². The maximum absolute atomic E-state index is 12.7. The molecule has 0 saturated heterocycles. The molecule has 0 aliphatic carbocycles. The minimum Gasteiger partial charge on any atom is -0.385 e. The number of rotatable bonds is 11. The fraction of sp³-hybridized carbons (Fsp3) is 0.273. The molecule has 2 N–H and O–H groups in total. The van der Waals surface area contributed by atoms with Crippen molar-refractivity contribution in [3.05, 3.63) is 72.3 Å². The van der Waals surface area contributed by atoms with E-state index in [2.05, 4.69) is 17.2 Å². The van der Waals surface area contributed by atoms with Crippen LogP contribution in [0.5, 0.6) is 0 Å². The van der Waals surface area contributed by atoms with E-state index < -0.39 is 15.9 Å². The molecule has 2 aromatic rings. The maximum atomic E-state index is 12.7. The normalized spacial score (nSPS) is 10.9. The third kappa shape index (κ3) is 6.94. The first kappa shape index (κ1) is 24.1. The van der Waals surface area contributed by atoms with Crippen molar-refractivity contribution in [2.45, 2.75) is 6.42 Å². The predicted molar refractivity (Wildman–Crippen MR) is 122 cm³/mol. The highest BCUT2D eigenvalue weighted by Gasteiger charge is 2.17. The third-order valence-electron chi connectivity index (χ3n) is 4.34. The topological polar surface area (TPSA) is 105 Å². The quantitative estimate of drug-likeness (QED) is 0.409. The summed E-state index contributed by atoms with van der Waals surface area (Å²) in [6, 6.07) is 12.9. The van der Waals surface area contributed by atoms with E-state index in [1.165, 1.54) is 22.5 Å². The second-order valence-electron chi connectivity index (χ2n) is 6.73. The lowest BCUT2D eigenvalue weighted by Gasteiger charge is -2.20. The summed E-state index contributed by atoms with van der Waals surface area (Å²) in [5, 5.41) is 5.53. The fourth-order valence-corrected chi connectivity index (χ4v) is 3.71. The second-order valence-corrected chi connectivity index (χ2v) is 8.64. The number of para-hydroxylation sites is 1. The Balaban J connectivity index is 2.14. The minimum atomic E-state index is -3.48. The zero-order valence-corrected chi connectivity index (χ0v) is 18.4. The van der Waals surface area contributed by atoms with E-state index in [9.17, 15) is 18.0 Å². The Bertz CT molecular complexity index is 1020. The summed E-state index contributed by atoms with van der Waals surface area (Å²) in [5.41, 5.74) is 1.48. The molecule has 2 amide bonds. The first-order valence-corrected chi connectivity index (χ1v) is 11.5. The van der Waals surface area contributed by atoms with Crippen LogP contribution < -0.4 is 14.9 Å². The zero-order valence-electron chi connectivity index (χ0n) is 17.6. The molecule has 31 heavy (non-hydrogen) atoms. The van der Waals surface area contributed by atoms with Gasteiger partial charge in [-0.3, -0.25) is 13.9 Å². The Labute approximate surface area is 183 Å². The number of sulfonamides is 1. The number of amides is 2. The third-order valence-corrected chi connectivity index (χ3v) is 5.50. The maximum Gasteiger partial charge on any atom is 0.255 e. The number of benzene rings is 2. The van der Waals surface area contributed by atoms with Crippen LogP contribution in [0.25, 0.3) is 0 Å². The van der Waals surface area contributed by atoms with Gasteiger partial charge in [0.15, 0.2) is 0 Å². The Morgan fingerprint density at radius 3 is 2.39 bits per heavy atom. The molecule has 0 atom stereocenters. The molecule has 0 aliphatic rings. The first-order valence-electron chi connectivity index (χ1n) is 9.64. The van der Waals surface area contributed by atoms with Crippen molar-refractivity contribution in [1.29, 1.82) is 0 Å². The van der Waals surface area contributed by atoms with E-state index in [-0.39, 0.29) is 12.5 Å². The molecule has 0 heterocycles. The second kappa shape index (κ2) is 11.3. The average Bonchev–Trinajstić information content (AvgIpc) is 2.74. The van der Waals surface area contributed by atoms with Gasteiger partial charge in [-0.1, -0.05) is 18.2 Å². The van der Waals surface area contributed by atoms with Crippen molar-refractivity contribution in [2.75, 3.05) is 42.7 Å². The van der Waals surface area contributed by atoms with Crippen LogP contribution in [0, 0.1) is 0 Å². The van der Waals surface area contributed by atoms with Gasteiger partial charge >= 0.3 is 0 Å². The van der Waals surface area contributed by atoms with Gasteiger partial charge in [0.05, 0.1) is 29.7 Å². The van der Waals surface area contributed by atoms with Gasteiger partial charge in [-0.05, 0) is 42.8 Å². The number of anilines is 2. The molecule has 0 aromatic heterocycles. The van der Waals surface area contributed by atoms with E-state index in [4.69, 9.17) is 4.74 Å². The van der Waals surface area contributed by atoms with Crippen LogP contribution in [-0.4, -0.2) is 53.3 Å². The lowest BCUT2D eigenvalue weighted by molar-refractivity contribution is 0.0949. The van der Waals surface area contributed by atoms with Crippen molar-refractivity contribution in [3.8, 4) is 0 Å². The molecule has 0 fully saturated rings. The van der Waals surface area contributed by atoms with Gasteiger partial charge in [0.1, 0.15) is 0 Å². The van der Waals surface area contributed by atoms with Crippen LogP contribution in [0.3, 0.4) is 0 Å². The van der Waals surface area contributed by atoms with Crippen LogP contribution in [0.1, 0.15) is 27.1 Å². The summed E-state index contributed by atoms with van der Waals surface area (Å²) in [4.78, 5) is 25.1. The molecule has 0 unspecified atom stereocenters. The highest BCUT2D eigenvalue weighted by atomic mass is 32.2. The Kier molecular flexibility index (Phi) is 8.77. The van der Waals surface area contributed by atoms with Crippen LogP contribution in [-0.2, 0) is 14.8 Å². The Morgan fingerprint density at radius 2 is 1.77 bits per heavy atom. The number of hydrogen-bond acceptors (Lipinski definition) is 5. The van der Waals surface area contributed by atoms with Gasteiger partial charge in [-0.15, -0.1) is 6.58 Å². The molecule has 0 spiro atoms. The molecule has 9 heteroatoms. The largest absolute Gasteiger partial charge is 0.385 e. The number of methoxy groups -OCH3 is 1.